The molecule has 0 aliphatic heterocycles. The van der Waals surface area contributed by atoms with Gasteiger partial charge in [0, 0.05) is 13.7 Å². The van der Waals surface area contributed by atoms with Crippen LogP contribution in [0, 0.1) is 12.8 Å². The molecule has 18 heavy (non-hydrogen) atoms. The Morgan fingerprint density at radius 3 is 2.61 bits per heavy atom. The molecule has 1 atom stereocenters. The Labute approximate surface area is 113 Å². The first kappa shape index (κ1) is 16.9. The van der Waals surface area contributed by atoms with Gasteiger partial charge in [0.25, 0.3) is 0 Å². The predicted molar refractivity (Wildman–Crippen MR) is 81.8 cm³/mol. The van der Waals surface area contributed by atoms with Gasteiger partial charge in [-0.25, -0.2) is 0 Å². The fraction of sp³-hybridized carbons (Fsp3) is 0.529. The summed E-state index contributed by atoms with van der Waals surface area (Å²) in [6.07, 6.45) is 6.77. The minimum Gasteiger partial charge on any atom is -0.384 e. The van der Waals surface area contributed by atoms with E-state index in [2.05, 4.69) is 50.3 Å². The number of aryl methyl sites for hydroxylation is 1. The molecule has 0 bridgehead atoms. The lowest BCUT2D eigenvalue weighted by Crippen LogP contribution is -2.02. The van der Waals surface area contributed by atoms with Gasteiger partial charge in [-0.2, -0.15) is 0 Å². The molecule has 0 fully saturated rings. The fourth-order valence-electron chi connectivity index (χ4n) is 1.74. The Bertz CT molecular complexity index is 328. The lowest BCUT2D eigenvalue weighted by atomic mass is 10.1. The molecule has 0 radical (unpaired) electrons. The first-order chi connectivity index (χ1) is 8.72. The smallest absolute Gasteiger partial charge is 0.0487 e. The number of hydrogen-bond donors (Lipinski definition) is 0. The summed E-state index contributed by atoms with van der Waals surface area (Å²) in [4.78, 5) is 0. The van der Waals surface area contributed by atoms with Gasteiger partial charge in [0.05, 0.1) is 0 Å². The molecule has 0 aromatic heterocycles. The van der Waals surface area contributed by atoms with E-state index in [1.165, 1.54) is 17.5 Å². The van der Waals surface area contributed by atoms with E-state index in [9.17, 15) is 0 Å². The molecule has 0 spiro atoms. The highest BCUT2D eigenvalue weighted by Gasteiger charge is 1.98. The highest BCUT2D eigenvalue weighted by atomic mass is 16.5. The Morgan fingerprint density at radius 2 is 2.00 bits per heavy atom. The molecule has 0 amide bonds. The largest absolute Gasteiger partial charge is 0.384 e. The van der Waals surface area contributed by atoms with Gasteiger partial charge in [-0.15, -0.1) is 0 Å². The maximum absolute atomic E-state index is 5.11. The summed E-state index contributed by atoms with van der Waals surface area (Å²) in [5.74, 6) is 0.646. The average Bonchev–Trinajstić information content (AvgIpc) is 2.38. The highest BCUT2D eigenvalue weighted by Crippen LogP contribution is 2.09. The number of hydrogen-bond acceptors (Lipinski definition) is 1. The monoisotopic (exact) mass is 248 g/mol. The fourth-order valence-corrected chi connectivity index (χ4v) is 1.74. The van der Waals surface area contributed by atoms with E-state index in [1.807, 2.05) is 13.8 Å². The van der Waals surface area contributed by atoms with Crippen LogP contribution in [0.2, 0.25) is 0 Å². The van der Waals surface area contributed by atoms with Crippen molar-refractivity contribution in [2.45, 2.75) is 40.5 Å². The summed E-state index contributed by atoms with van der Waals surface area (Å²) in [7, 11) is 1.76. The molecule has 0 heterocycles. The second-order valence-electron chi connectivity index (χ2n) is 4.45. The van der Waals surface area contributed by atoms with Gasteiger partial charge in [0.15, 0.2) is 0 Å². The van der Waals surface area contributed by atoms with Crippen molar-refractivity contribution in [1.82, 2.24) is 0 Å². The Kier molecular flexibility index (Phi) is 10.4. The molecule has 0 aliphatic carbocycles. The van der Waals surface area contributed by atoms with E-state index in [0.29, 0.717) is 5.92 Å². The van der Waals surface area contributed by atoms with Gasteiger partial charge in [-0.1, -0.05) is 62.8 Å². The maximum Gasteiger partial charge on any atom is 0.0487 e. The van der Waals surface area contributed by atoms with Crippen LogP contribution >= 0.6 is 0 Å². The number of allylic oxidation sites excluding steroid dienone is 1. The van der Waals surface area contributed by atoms with Crippen molar-refractivity contribution in [2.75, 3.05) is 13.7 Å². The lowest BCUT2D eigenvalue weighted by Gasteiger charge is -2.07. The van der Waals surface area contributed by atoms with Gasteiger partial charge in [0.2, 0.25) is 0 Å². The van der Waals surface area contributed by atoms with Crippen molar-refractivity contribution in [2.24, 2.45) is 5.92 Å². The van der Waals surface area contributed by atoms with E-state index in [0.717, 1.165) is 13.0 Å². The summed E-state index contributed by atoms with van der Waals surface area (Å²) < 4.78 is 5.11. The van der Waals surface area contributed by atoms with Crippen LogP contribution < -0.4 is 0 Å². The zero-order chi connectivity index (χ0) is 13.8. The predicted octanol–water partition coefficient (Wildman–Crippen LogP) is 5.10. The summed E-state index contributed by atoms with van der Waals surface area (Å²) in [6.45, 7) is 9.21. The van der Waals surface area contributed by atoms with E-state index in [-0.39, 0.29) is 0 Å². The van der Waals surface area contributed by atoms with Crippen LogP contribution in [0.4, 0.5) is 0 Å². The van der Waals surface area contributed by atoms with Crippen LogP contribution in [-0.4, -0.2) is 13.7 Å². The van der Waals surface area contributed by atoms with Crippen molar-refractivity contribution < 1.29 is 4.74 Å². The lowest BCUT2D eigenvalue weighted by molar-refractivity contribution is 0.156. The third-order valence-electron chi connectivity index (χ3n) is 2.63. The van der Waals surface area contributed by atoms with Crippen molar-refractivity contribution >= 4 is 6.08 Å². The first-order valence-electron chi connectivity index (χ1n) is 6.94. The summed E-state index contributed by atoms with van der Waals surface area (Å²) in [6, 6.07) is 8.57. The molecule has 1 aromatic carbocycles. The SMILES string of the molecule is CC.COCC(C)CC/C=C/c1cccc(C)c1. The van der Waals surface area contributed by atoms with Crippen LogP contribution in [0.3, 0.4) is 0 Å². The van der Waals surface area contributed by atoms with Gasteiger partial charge in [-0.05, 0) is 31.2 Å². The van der Waals surface area contributed by atoms with E-state index < -0.39 is 0 Å². The molecular weight excluding hydrogens is 220 g/mol. The van der Waals surface area contributed by atoms with Crippen LogP contribution in [0.15, 0.2) is 30.3 Å². The van der Waals surface area contributed by atoms with Gasteiger partial charge in [0.1, 0.15) is 0 Å². The molecule has 0 saturated carbocycles. The van der Waals surface area contributed by atoms with Crippen LogP contribution in [0.1, 0.15) is 44.7 Å². The Morgan fingerprint density at radius 1 is 1.28 bits per heavy atom. The van der Waals surface area contributed by atoms with E-state index in [1.54, 1.807) is 7.11 Å². The molecule has 1 unspecified atom stereocenters. The topological polar surface area (TPSA) is 9.23 Å². The number of methoxy groups -OCH3 is 1. The van der Waals surface area contributed by atoms with Crippen LogP contribution in [-0.2, 0) is 4.74 Å². The zero-order valence-corrected chi connectivity index (χ0v) is 12.6. The van der Waals surface area contributed by atoms with Crippen molar-refractivity contribution in [3.05, 3.63) is 41.5 Å². The maximum atomic E-state index is 5.11. The third-order valence-corrected chi connectivity index (χ3v) is 2.63. The minimum atomic E-state index is 0.646. The van der Waals surface area contributed by atoms with Crippen LogP contribution in [0.5, 0.6) is 0 Å². The van der Waals surface area contributed by atoms with Crippen molar-refractivity contribution in [3.63, 3.8) is 0 Å². The minimum absolute atomic E-state index is 0.646. The summed E-state index contributed by atoms with van der Waals surface area (Å²) in [5, 5.41) is 0. The van der Waals surface area contributed by atoms with Gasteiger partial charge in [-0.3, -0.25) is 0 Å². The number of rotatable bonds is 6. The van der Waals surface area contributed by atoms with Gasteiger partial charge >= 0.3 is 0 Å². The second-order valence-corrected chi connectivity index (χ2v) is 4.45. The second kappa shape index (κ2) is 11.0. The van der Waals surface area contributed by atoms with E-state index >= 15 is 0 Å². The number of benzene rings is 1. The third kappa shape index (κ3) is 8.08. The summed E-state index contributed by atoms with van der Waals surface area (Å²) in [5.41, 5.74) is 2.61. The average molecular weight is 248 g/mol. The quantitative estimate of drug-likeness (QED) is 0.680. The molecule has 0 saturated heterocycles. The molecular formula is C17H28O. The van der Waals surface area contributed by atoms with Crippen molar-refractivity contribution in [1.29, 1.82) is 0 Å². The molecule has 0 N–H and O–H groups in total. The molecule has 1 rings (SSSR count). The van der Waals surface area contributed by atoms with E-state index in [4.69, 9.17) is 4.74 Å². The molecule has 1 aromatic rings. The van der Waals surface area contributed by atoms with Crippen molar-refractivity contribution in [3.8, 4) is 0 Å². The summed E-state index contributed by atoms with van der Waals surface area (Å²) >= 11 is 0. The Hall–Kier alpha value is -1.08. The van der Waals surface area contributed by atoms with Crippen LogP contribution in [0.25, 0.3) is 6.08 Å². The molecule has 0 aliphatic rings. The standard InChI is InChI=1S/C15H22O.C2H6/c1-13-8-6-10-15(11-13)9-5-4-7-14(2)12-16-3;1-2/h5-6,8-11,14H,4,7,12H2,1-3H3;1-2H3/b9-5+;. The first-order valence-corrected chi connectivity index (χ1v) is 6.94. The molecule has 1 heteroatoms. The Balaban J connectivity index is 0.00000137. The molecule has 102 valence electrons. The zero-order valence-electron chi connectivity index (χ0n) is 12.6. The normalized spacial score (nSPS) is 12.1. The number of ether oxygens (including phenoxy) is 1. The highest BCUT2D eigenvalue weighted by molar-refractivity contribution is 5.49. The van der Waals surface area contributed by atoms with Gasteiger partial charge < -0.3 is 4.74 Å². The molecule has 1 nitrogen and oxygen atoms in total.